The molecule has 3 aromatic carbocycles. The standard InChI is InChI=1S/C22H18Cl2O6S/c1-2-29-17-9-14(11-22(25)26)10-19(12-17)31(27,28)18-6-3-15(4-7-18)30-16-5-8-20(23)21(24)13-16/h3-10,12-13H,2,11H2,1H3,(H,25,26). The van der Waals surface area contributed by atoms with Crippen LogP contribution in [0.1, 0.15) is 12.5 Å². The Morgan fingerprint density at radius 3 is 2.16 bits per heavy atom. The van der Waals surface area contributed by atoms with Crippen LogP contribution in [0.5, 0.6) is 17.2 Å². The van der Waals surface area contributed by atoms with Crippen LogP contribution in [0.15, 0.2) is 70.5 Å². The van der Waals surface area contributed by atoms with E-state index in [1.165, 1.54) is 42.5 Å². The van der Waals surface area contributed by atoms with E-state index in [2.05, 4.69) is 0 Å². The molecule has 0 bridgehead atoms. The van der Waals surface area contributed by atoms with E-state index in [-0.39, 0.29) is 16.2 Å². The molecule has 9 heteroatoms. The van der Waals surface area contributed by atoms with Crippen LogP contribution in [-0.2, 0) is 21.1 Å². The van der Waals surface area contributed by atoms with Crippen molar-refractivity contribution in [3.05, 3.63) is 76.3 Å². The van der Waals surface area contributed by atoms with Crippen molar-refractivity contribution in [3.63, 3.8) is 0 Å². The summed E-state index contributed by atoms with van der Waals surface area (Å²) in [5.41, 5.74) is 0.330. The second-order valence-electron chi connectivity index (χ2n) is 6.47. The Morgan fingerprint density at radius 1 is 0.871 bits per heavy atom. The number of halogens is 2. The molecule has 0 saturated carbocycles. The Bertz CT molecular complexity index is 1210. The van der Waals surface area contributed by atoms with Crippen LogP contribution in [0.3, 0.4) is 0 Å². The number of sulfone groups is 1. The SMILES string of the molecule is CCOc1cc(CC(=O)O)cc(S(=O)(=O)c2ccc(Oc3ccc(Cl)c(Cl)c3)cc2)c1. The van der Waals surface area contributed by atoms with E-state index in [1.54, 1.807) is 25.1 Å². The Balaban J connectivity index is 1.90. The zero-order chi connectivity index (χ0) is 22.6. The van der Waals surface area contributed by atoms with E-state index >= 15 is 0 Å². The predicted molar refractivity (Wildman–Crippen MR) is 117 cm³/mol. The zero-order valence-electron chi connectivity index (χ0n) is 16.3. The largest absolute Gasteiger partial charge is 0.494 e. The van der Waals surface area contributed by atoms with E-state index in [4.69, 9.17) is 37.8 Å². The molecule has 0 unspecified atom stereocenters. The molecule has 0 fully saturated rings. The Hall–Kier alpha value is -2.74. The summed E-state index contributed by atoms with van der Waals surface area (Å²) >= 11 is 11.9. The Labute approximate surface area is 189 Å². The molecular weight excluding hydrogens is 463 g/mol. The Morgan fingerprint density at radius 2 is 1.55 bits per heavy atom. The van der Waals surface area contributed by atoms with Crippen LogP contribution in [-0.4, -0.2) is 26.1 Å². The fourth-order valence-electron chi connectivity index (χ4n) is 2.81. The molecule has 162 valence electrons. The number of aliphatic carboxylic acids is 1. The number of hydrogen-bond acceptors (Lipinski definition) is 5. The Kier molecular flexibility index (Phi) is 7.10. The van der Waals surface area contributed by atoms with Gasteiger partial charge in [-0.15, -0.1) is 0 Å². The highest BCUT2D eigenvalue weighted by atomic mass is 35.5. The average Bonchev–Trinajstić information content (AvgIpc) is 2.71. The minimum atomic E-state index is -3.91. The fraction of sp³-hybridized carbons (Fsp3) is 0.136. The molecular formula is C22H18Cl2O6S. The van der Waals surface area contributed by atoms with Crippen molar-refractivity contribution < 1.29 is 27.8 Å². The van der Waals surface area contributed by atoms with Crippen molar-refractivity contribution >= 4 is 39.0 Å². The molecule has 0 aliphatic heterocycles. The van der Waals surface area contributed by atoms with Gasteiger partial charge in [0.15, 0.2) is 0 Å². The van der Waals surface area contributed by atoms with Gasteiger partial charge in [-0.3, -0.25) is 4.79 Å². The number of carboxylic acids is 1. The predicted octanol–water partition coefficient (Wildman–Crippen LogP) is 5.64. The molecule has 0 amide bonds. The first-order valence-corrected chi connectivity index (χ1v) is 11.4. The van der Waals surface area contributed by atoms with Gasteiger partial charge in [0.2, 0.25) is 9.84 Å². The molecule has 1 N–H and O–H groups in total. The van der Waals surface area contributed by atoms with Gasteiger partial charge in [0.25, 0.3) is 0 Å². The van der Waals surface area contributed by atoms with Gasteiger partial charge >= 0.3 is 5.97 Å². The van der Waals surface area contributed by atoms with Crippen molar-refractivity contribution in [1.82, 2.24) is 0 Å². The third-order valence-corrected chi connectivity index (χ3v) is 6.67. The second-order valence-corrected chi connectivity index (χ2v) is 9.23. The summed E-state index contributed by atoms with van der Waals surface area (Å²) in [7, 11) is -3.91. The lowest BCUT2D eigenvalue weighted by Crippen LogP contribution is -2.06. The van der Waals surface area contributed by atoms with Crippen LogP contribution < -0.4 is 9.47 Å². The molecule has 0 radical (unpaired) electrons. The maximum Gasteiger partial charge on any atom is 0.307 e. The zero-order valence-corrected chi connectivity index (χ0v) is 18.7. The molecule has 0 heterocycles. The van der Waals surface area contributed by atoms with Crippen LogP contribution in [0.2, 0.25) is 10.0 Å². The number of carboxylic acid groups (broad SMARTS) is 1. The van der Waals surface area contributed by atoms with Crippen LogP contribution in [0.25, 0.3) is 0 Å². The van der Waals surface area contributed by atoms with Gasteiger partial charge in [-0.25, -0.2) is 8.42 Å². The van der Waals surface area contributed by atoms with Gasteiger partial charge in [-0.1, -0.05) is 23.2 Å². The highest BCUT2D eigenvalue weighted by molar-refractivity contribution is 7.91. The van der Waals surface area contributed by atoms with Gasteiger partial charge in [-0.2, -0.15) is 0 Å². The molecule has 6 nitrogen and oxygen atoms in total. The molecule has 3 rings (SSSR count). The highest BCUT2D eigenvalue weighted by Crippen LogP contribution is 2.31. The molecule has 3 aromatic rings. The maximum atomic E-state index is 13.1. The molecule has 0 aromatic heterocycles. The van der Waals surface area contributed by atoms with Gasteiger partial charge < -0.3 is 14.6 Å². The summed E-state index contributed by atoms with van der Waals surface area (Å²) in [4.78, 5) is 11.1. The summed E-state index contributed by atoms with van der Waals surface area (Å²) in [5.74, 6) is 0.0832. The summed E-state index contributed by atoms with van der Waals surface area (Å²) in [5, 5.41) is 9.80. The van der Waals surface area contributed by atoms with Crippen molar-refractivity contribution in [2.45, 2.75) is 23.1 Å². The maximum absolute atomic E-state index is 13.1. The van der Waals surface area contributed by atoms with E-state index in [0.29, 0.717) is 39.5 Å². The first kappa shape index (κ1) is 22.9. The van der Waals surface area contributed by atoms with Crippen molar-refractivity contribution in [3.8, 4) is 17.2 Å². The molecule has 0 aliphatic carbocycles. The molecule has 0 spiro atoms. The lowest BCUT2D eigenvalue weighted by atomic mass is 10.1. The van der Waals surface area contributed by atoms with Crippen LogP contribution in [0.4, 0.5) is 0 Å². The topological polar surface area (TPSA) is 89.9 Å². The second kappa shape index (κ2) is 9.60. The molecule has 31 heavy (non-hydrogen) atoms. The lowest BCUT2D eigenvalue weighted by molar-refractivity contribution is -0.136. The lowest BCUT2D eigenvalue weighted by Gasteiger charge is -2.11. The monoisotopic (exact) mass is 480 g/mol. The molecule has 0 aliphatic rings. The van der Waals surface area contributed by atoms with Crippen molar-refractivity contribution in [1.29, 1.82) is 0 Å². The fourth-order valence-corrected chi connectivity index (χ4v) is 4.44. The van der Waals surface area contributed by atoms with Gasteiger partial charge in [0.1, 0.15) is 17.2 Å². The molecule has 0 saturated heterocycles. The molecule has 0 atom stereocenters. The van der Waals surface area contributed by atoms with Crippen molar-refractivity contribution in [2.24, 2.45) is 0 Å². The summed E-state index contributed by atoms with van der Waals surface area (Å²) < 4.78 is 37.3. The van der Waals surface area contributed by atoms with E-state index < -0.39 is 15.8 Å². The van der Waals surface area contributed by atoms with Gasteiger partial charge in [0.05, 0.1) is 32.9 Å². The normalized spacial score (nSPS) is 11.2. The van der Waals surface area contributed by atoms with E-state index in [1.807, 2.05) is 0 Å². The quantitative estimate of drug-likeness (QED) is 0.448. The highest BCUT2D eigenvalue weighted by Gasteiger charge is 2.20. The smallest absolute Gasteiger partial charge is 0.307 e. The number of benzene rings is 3. The van der Waals surface area contributed by atoms with Crippen LogP contribution in [0, 0.1) is 0 Å². The minimum absolute atomic E-state index is 0.0314. The van der Waals surface area contributed by atoms with Crippen LogP contribution >= 0.6 is 23.2 Å². The number of carbonyl (C=O) groups is 1. The average molecular weight is 481 g/mol. The first-order valence-electron chi connectivity index (χ1n) is 9.15. The van der Waals surface area contributed by atoms with Gasteiger partial charge in [-0.05, 0) is 67.1 Å². The van der Waals surface area contributed by atoms with E-state index in [0.717, 1.165) is 0 Å². The first-order chi connectivity index (χ1) is 14.7. The van der Waals surface area contributed by atoms with Gasteiger partial charge in [0, 0.05) is 6.07 Å². The third kappa shape index (κ3) is 5.70. The number of ether oxygens (including phenoxy) is 2. The van der Waals surface area contributed by atoms with Crippen molar-refractivity contribution in [2.75, 3.05) is 6.61 Å². The number of rotatable bonds is 8. The summed E-state index contributed by atoms with van der Waals surface area (Å²) in [6.07, 6.45) is -0.320. The number of hydrogen-bond donors (Lipinski definition) is 1. The summed E-state index contributed by atoms with van der Waals surface area (Å²) in [6.45, 7) is 2.07. The third-order valence-electron chi connectivity index (χ3n) is 4.18. The van der Waals surface area contributed by atoms with E-state index in [9.17, 15) is 13.2 Å². The summed E-state index contributed by atoms with van der Waals surface area (Å²) in [6, 6.07) is 14.9. The minimum Gasteiger partial charge on any atom is -0.494 e.